The lowest BCUT2D eigenvalue weighted by molar-refractivity contribution is -0.384. The van der Waals surface area contributed by atoms with Crippen LogP contribution in [0.4, 0.5) is 11.4 Å². The van der Waals surface area contributed by atoms with Gasteiger partial charge in [0.25, 0.3) is 5.69 Å². The average Bonchev–Trinajstić information content (AvgIpc) is 2.90. The number of aromatic carboxylic acids is 1. The van der Waals surface area contributed by atoms with Gasteiger partial charge in [0.2, 0.25) is 0 Å². The van der Waals surface area contributed by atoms with Gasteiger partial charge >= 0.3 is 5.97 Å². The predicted molar refractivity (Wildman–Crippen MR) is 77.8 cm³/mol. The minimum absolute atomic E-state index is 0.00576. The van der Waals surface area contributed by atoms with Crippen molar-refractivity contribution >= 4 is 17.3 Å². The van der Waals surface area contributed by atoms with E-state index >= 15 is 0 Å². The molecule has 1 saturated heterocycles. The highest BCUT2D eigenvalue weighted by Gasteiger charge is 2.38. The summed E-state index contributed by atoms with van der Waals surface area (Å²) >= 11 is 0. The van der Waals surface area contributed by atoms with Crippen molar-refractivity contribution in [2.24, 2.45) is 5.92 Å². The third kappa shape index (κ3) is 2.46. The number of nitrogens with zero attached hydrogens (tertiary/aromatic N) is 2. The van der Waals surface area contributed by atoms with Crippen molar-refractivity contribution in [3.05, 3.63) is 33.9 Å². The van der Waals surface area contributed by atoms with Crippen LogP contribution in [0.25, 0.3) is 0 Å². The lowest BCUT2D eigenvalue weighted by Crippen LogP contribution is -2.35. The summed E-state index contributed by atoms with van der Waals surface area (Å²) in [6, 6.07) is 4.40. The predicted octanol–water partition coefficient (Wildman–Crippen LogP) is 3.06. The van der Waals surface area contributed by atoms with E-state index in [-0.39, 0.29) is 11.3 Å². The van der Waals surface area contributed by atoms with Crippen LogP contribution in [0, 0.1) is 16.0 Å². The Morgan fingerprint density at radius 3 is 2.76 bits per heavy atom. The van der Waals surface area contributed by atoms with Crippen molar-refractivity contribution in [1.82, 2.24) is 0 Å². The molecule has 1 aromatic rings. The molecule has 2 atom stereocenters. The summed E-state index contributed by atoms with van der Waals surface area (Å²) < 4.78 is 0. The quantitative estimate of drug-likeness (QED) is 0.683. The molecule has 2 aliphatic rings. The Kier molecular flexibility index (Phi) is 3.53. The number of carboxylic acids is 1. The van der Waals surface area contributed by atoms with Crippen molar-refractivity contribution in [1.29, 1.82) is 0 Å². The maximum absolute atomic E-state index is 11.3. The molecule has 1 aliphatic heterocycles. The lowest BCUT2D eigenvalue weighted by atomic mass is 9.85. The fourth-order valence-electron chi connectivity index (χ4n) is 3.75. The topological polar surface area (TPSA) is 83.7 Å². The van der Waals surface area contributed by atoms with E-state index in [0.717, 1.165) is 25.8 Å². The highest BCUT2D eigenvalue weighted by molar-refractivity contribution is 5.90. The number of carbonyl (C=O) groups is 1. The maximum atomic E-state index is 11.3. The van der Waals surface area contributed by atoms with Gasteiger partial charge in [0.05, 0.1) is 10.5 Å². The average molecular weight is 290 g/mol. The van der Waals surface area contributed by atoms with Crippen LogP contribution < -0.4 is 4.90 Å². The zero-order valence-electron chi connectivity index (χ0n) is 11.7. The number of benzene rings is 1. The van der Waals surface area contributed by atoms with Crippen LogP contribution in [0.1, 0.15) is 42.5 Å². The second kappa shape index (κ2) is 5.35. The standard InChI is InChI=1S/C15H18N2O4/c18-15(19)11-5-6-13(17(20)21)14(9-11)16-8-7-10-3-1-2-4-12(10)16/h5-6,9-10,12H,1-4,7-8H2,(H,18,19). The van der Waals surface area contributed by atoms with E-state index in [1.807, 2.05) is 0 Å². The fourth-order valence-corrected chi connectivity index (χ4v) is 3.75. The SMILES string of the molecule is O=C(O)c1ccc([N+](=O)[O-])c(N2CCC3CCCCC32)c1. The summed E-state index contributed by atoms with van der Waals surface area (Å²) in [6.07, 6.45) is 5.63. The molecule has 0 spiro atoms. The van der Waals surface area contributed by atoms with Crippen LogP contribution in [0.15, 0.2) is 18.2 Å². The zero-order valence-corrected chi connectivity index (χ0v) is 11.7. The van der Waals surface area contributed by atoms with Gasteiger partial charge in [0, 0.05) is 18.7 Å². The molecule has 1 aliphatic carbocycles. The van der Waals surface area contributed by atoms with Gasteiger partial charge in [-0.3, -0.25) is 10.1 Å². The molecule has 21 heavy (non-hydrogen) atoms. The third-order valence-corrected chi connectivity index (χ3v) is 4.74. The first-order valence-electron chi connectivity index (χ1n) is 7.36. The number of nitro benzene ring substituents is 1. The Hall–Kier alpha value is -2.11. The molecule has 1 saturated carbocycles. The Bertz CT molecular complexity index is 587. The largest absolute Gasteiger partial charge is 0.478 e. The molecule has 3 rings (SSSR count). The van der Waals surface area contributed by atoms with Gasteiger partial charge in [-0.2, -0.15) is 0 Å². The second-order valence-electron chi connectivity index (χ2n) is 5.86. The first-order valence-corrected chi connectivity index (χ1v) is 7.36. The van der Waals surface area contributed by atoms with E-state index in [2.05, 4.69) is 4.90 Å². The number of nitro groups is 1. The zero-order chi connectivity index (χ0) is 15.0. The lowest BCUT2D eigenvalue weighted by Gasteiger charge is -2.32. The molecule has 2 fully saturated rings. The molecule has 0 bridgehead atoms. The Balaban J connectivity index is 2.01. The van der Waals surface area contributed by atoms with Gasteiger partial charge in [0.15, 0.2) is 0 Å². The second-order valence-corrected chi connectivity index (χ2v) is 5.86. The van der Waals surface area contributed by atoms with Gasteiger partial charge in [0.1, 0.15) is 5.69 Å². The molecule has 2 unspecified atom stereocenters. The van der Waals surface area contributed by atoms with Crippen molar-refractivity contribution in [3.63, 3.8) is 0 Å². The van der Waals surface area contributed by atoms with Crippen molar-refractivity contribution < 1.29 is 14.8 Å². The van der Waals surface area contributed by atoms with E-state index in [4.69, 9.17) is 5.11 Å². The smallest absolute Gasteiger partial charge is 0.335 e. The van der Waals surface area contributed by atoms with E-state index in [0.29, 0.717) is 17.6 Å². The third-order valence-electron chi connectivity index (χ3n) is 4.74. The minimum Gasteiger partial charge on any atom is -0.478 e. The summed E-state index contributed by atoms with van der Waals surface area (Å²) in [5.41, 5.74) is 0.579. The normalized spacial score (nSPS) is 24.7. The van der Waals surface area contributed by atoms with E-state index in [9.17, 15) is 14.9 Å². The minimum atomic E-state index is -1.05. The molecule has 0 amide bonds. The number of rotatable bonds is 3. The van der Waals surface area contributed by atoms with Crippen LogP contribution in [-0.2, 0) is 0 Å². The van der Waals surface area contributed by atoms with Crippen LogP contribution in [-0.4, -0.2) is 28.6 Å². The number of hydrogen-bond acceptors (Lipinski definition) is 4. The van der Waals surface area contributed by atoms with Gasteiger partial charge < -0.3 is 10.0 Å². The molecular formula is C15H18N2O4. The van der Waals surface area contributed by atoms with Crippen LogP contribution >= 0.6 is 0 Å². The van der Waals surface area contributed by atoms with Crippen LogP contribution in [0.5, 0.6) is 0 Å². The van der Waals surface area contributed by atoms with Crippen molar-refractivity contribution in [2.75, 3.05) is 11.4 Å². The summed E-state index contributed by atoms with van der Waals surface area (Å²) in [7, 11) is 0. The molecule has 1 N–H and O–H groups in total. The van der Waals surface area contributed by atoms with Crippen LogP contribution in [0.3, 0.4) is 0 Å². The fraction of sp³-hybridized carbons (Fsp3) is 0.533. The van der Waals surface area contributed by atoms with Crippen molar-refractivity contribution in [2.45, 2.75) is 38.1 Å². The first kappa shape index (κ1) is 13.9. The van der Waals surface area contributed by atoms with Gasteiger partial charge in [-0.1, -0.05) is 12.8 Å². The number of fused-ring (bicyclic) bond motifs is 1. The van der Waals surface area contributed by atoms with E-state index in [1.54, 1.807) is 0 Å². The molecule has 1 heterocycles. The molecular weight excluding hydrogens is 272 g/mol. The Labute approximate surface area is 122 Å². The molecule has 6 heteroatoms. The number of anilines is 1. The van der Waals surface area contributed by atoms with Crippen molar-refractivity contribution in [3.8, 4) is 0 Å². The molecule has 0 radical (unpaired) electrons. The molecule has 112 valence electrons. The van der Waals surface area contributed by atoms with Crippen LogP contribution in [0.2, 0.25) is 0 Å². The number of carboxylic acid groups (broad SMARTS) is 1. The molecule has 1 aromatic carbocycles. The van der Waals surface area contributed by atoms with Gasteiger partial charge in [-0.15, -0.1) is 0 Å². The Morgan fingerprint density at radius 2 is 2.05 bits per heavy atom. The van der Waals surface area contributed by atoms with E-state index in [1.165, 1.54) is 31.0 Å². The highest BCUT2D eigenvalue weighted by atomic mass is 16.6. The monoisotopic (exact) mass is 290 g/mol. The van der Waals surface area contributed by atoms with Gasteiger partial charge in [-0.25, -0.2) is 4.79 Å². The Morgan fingerprint density at radius 1 is 1.29 bits per heavy atom. The van der Waals surface area contributed by atoms with Gasteiger partial charge in [-0.05, 0) is 37.3 Å². The summed E-state index contributed by atoms with van der Waals surface area (Å²) in [4.78, 5) is 24.0. The molecule has 6 nitrogen and oxygen atoms in total. The molecule has 0 aromatic heterocycles. The van der Waals surface area contributed by atoms with E-state index < -0.39 is 10.9 Å². The summed E-state index contributed by atoms with van der Waals surface area (Å²) in [5, 5.41) is 20.4. The summed E-state index contributed by atoms with van der Waals surface area (Å²) in [6.45, 7) is 0.777. The first-order chi connectivity index (χ1) is 10.1. The number of hydrogen-bond donors (Lipinski definition) is 1. The summed E-state index contributed by atoms with van der Waals surface area (Å²) in [5.74, 6) is -0.461. The highest BCUT2D eigenvalue weighted by Crippen LogP contribution is 2.42. The maximum Gasteiger partial charge on any atom is 0.335 e.